The van der Waals surface area contributed by atoms with Crippen LogP contribution in [0.1, 0.15) is 11.3 Å². The van der Waals surface area contributed by atoms with Gasteiger partial charge in [0.25, 0.3) is 0 Å². The summed E-state index contributed by atoms with van der Waals surface area (Å²) in [5.41, 5.74) is 10.2. The van der Waals surface area contributed by atoms with E-state index in [1.165, 1.54) is 0 Å². The van der Waals surface area contributed by atoms with Gasteiger partial charge in [0.2, 0.25) is 0 Å². The van der Waals surface area contributed by atoms with Crippen LogP contribution in [0.3, 0.4) is 0 Å². The van der Waals surface area contributed by atoms with Crippen molar-refractivity contribution in [1.29, 1.82) is 5.26 Å². The normalized spacial score (nSPS) is 10.2. The smallest absolute Gasteiger partial charge is 0.142 e. The van der Waals surface area contributed by atoms with E-state index >= 15 is 0 Å². The Hall–Kier alpha value is -3.72. The molecule has 0 aliphatic carbocycles. The molecule has 0 aliphatic heterocycles. The van der Waals surface area contributed by atoms with E-state index in [-0.39, 0.29) is 5.82 Å². The van der Waals surface area contributed by atoms with Crippen molar-refractivity contribution in [2.75, 3.05) is 27.1 Å². The van der Waals surface area contributed by atoms with E-state index in [1.807, 2.05) is 37.3 Å². The number of nitrogens with two attached hydrogens (primary N) is 1. The predicted molar refractivity (Wildman–Crippen MR) is 109 cm³/mol. The summed E-state index contributed by atoms with van der Waals surface area (Å²) in [5, 5.41) is 9.83. The lowest BCUT2D eigenvalue weighted by Gasteiger charge is -2.19. The van der Waals surface area contributed by atoms with Crippen LogP contribution in [-0.4, -0.2) is 26.3 Å². The maximum absolute atomic E-state index is 9.83. The second-order valence-corrected chi connectivity index (χ2v) is 6.11. The molecule has 0 unspecified atom stereocenters. The molecule has 2 aromatic carbocycles. The largest absolute Gasteiger partial charge is 0.497 e. The standard InChI is InChI=1S/C22H21N3O3/c1-13-20(14-5-7-15(26-2)8-6-14)21(18(12-23)22(24)25-13)17-11-16(27-3)9-10-19(17)28-4/h5-11H,1-4H3,(H2,24,25). The van der Waals surface area contributed by atoms with Gasteiger partial charge >= 0.3 is 0 Å². The average Bonchev–Trinajstić information content (AvgIpc) is 2.73. The van der Waals surface area contributed by atoms with Gasteiger partial charge in [0.05, 0.1) is 21.3 Å². The molecule has 6 nitrogen and oxygen atoms in total. The summed E-state index contributed by atoms with van der Waals surface area (Å²) >= 11 is 0. The SMILES string of the molecule is COc1ccc(-c2c(C)nc(N)c(C#N)c2-c2cc(OC)ccc2OC)cc1. The van der Waals surface area contributed by atoms with E-state index in [2.05, 4.69) is 11.1 Å². The highest BCUT2D eigenvalue weighted by Gasteiger charge is 2.22. The third kappa shape index (κ3) is 3.30. The van der Waals surface area contributed by atoms with Crippen molar-refractivity contribution in [3.8, 4) is 45.6 Å². The molecule has 0 bridgehead atoms. The number of benzene rings is 2. The van der Waals surface area contributed by atoms with E-state index in [4.69, 9.17) is 19.9 Å². The molecule has 0 atom stereocenters. The van der Waals surface area contributed by atoms with Gasteiger partial charge in [0.1, 0.15) is 34.7 Å². The number of nitrogen functional groups attached to an aromatic ring is 1. The van der Waals surface area contributed by atoms with Gasteiger partial charge in [0, 0.05) is 22.4 Å². The van der Waals surface area contributed by atoms with Gasteiger partial charge < -0.3 is 19.9 Å². The topological polar surface area (TPSA) is 90.4 Å². The lowest BCUT2D eigenvalue weighted by Crippen LogP contribution is -2.04. The number of rotatable bonds is 5. The van der Waals surface area contributed by atoms with Gasteiger partial charge in [-0.25, -0.2) is 4.98 Å². The fourth-order valence-electron chi connectivity index (χ4n) is 3.23. The lowest BCUT2D eigenvalue weighted by molar-refractivity contribution is 0.404. The summed E-state index contributed by atoms with van der Waals surface area (Å²) in [6.07, 6.45) is 0. The number of methoxy groups -OCH3 is 3. The highest BCUT2D eigenvalue weighted by molar-refractivity contribution is 5.93. The Morgan fingerprint density at radius 1 is 0.893 bits per heavy atom. The van der Waals surface area contributed by atoms with Gasteiger partial charge in [-0.2, -0.15) is 5.26 Å². The second-order valence-electron chi connectivity index (χ2n) is 6.11. The molecule has 0 radical (unpaired) electrons. The monoisotopic (exact) mass is 375 g/mol. The number of aromatic nitrogens is 1. The van der Waals surface area contributed by atoms with Gasteiger partial charge in [-0.3, -0.25) is 0 Å². The predicted octanol–water partition coefficient (Wildman–Crippen LogP) is 4.20. The van der Waals surface area contributed by atoms with Crippen LogP contribution in [0.5, 0.6) is 17.2 Å². The molecular formula is C22H21N3O3. The van der Waals surface area contributed by atoms with Crippen molar-refractivity contribution in [3.63, 3.8) is 0 Å². The number of pyridine rings is 1. The van der Waals surface area contributed by atoms with E-state index in [0.29, 0.717) is 33.9 Å². The molecule has 2 N–H and O–H groups in total. The summed E-state index contributed by atoms with van der Waals surface area (Å²) in [6.45, 7) is 1.87. The van der Waals surface area contributed by atoms with Crippen molar-refractivity contribution >= 4 is 5.82 Å². The summed E-state index contributed by atoms with van der Waals surface area (Å²) in [7, 11) is 4.79. The van der Waals surface area contributed by atoms with Gasteiger partial charge in [-0.05, 0) is 42.8 Å². The minimum atomic E-state index is 0.178. The third-order valence-corrected chi connectivity index (χ3v) is 4.57. The molecule has 0 aliphatic rings. The molecule has 3 aromatic rings. The van der Waals surface area contributed by atoms with Crippen LogP contribution in [-0.2, 0) is 0 Å². The molecule has 3 rings (SSSR count). The van der Waals surface area contributed by atoms with Crippen LogP contribution in [0.2, 0.25) is 0 Å². The number of hydrogen-bond donors (Lipinski definition) is 1. The van der Waals surface area contributed by atoms with E-state index in [9.17, 15) is 5.26 Å². The third-order valence-electron chi connectivity index (χ3n) is 4.57. The first-order valence-corrected chi connectivity index (χ1v) is 8.61. The summed E-state index contributed by atoms with van der Waals surface area (Å²) in [4.78, 5) is 4.40. The number of hydrogen-bond acceptors (Lipinski definition) is 6. The van der Waals surface area contributed by atoms with Crippen molar-refractivity contribution < 1.29 is 14.2 Å². The van der Waals surface area contributed by atoms with Crippen LogP contribution < -0.4 is 19.9 Å². The number of ether oxygens (including phenoxy) is 3. The Morgan fingerprint density at radius 3 is 2.11 bits per heavy atom. The minimum Gasteiger partial charge on any atom is -0.497 e. The average molecular weight is 375 g/mol. The first kappa shape index (κ1) is 19.1. The van der Waals surface area contributed by atoms with E-state index in [0.717, 1.165) is 16.9 Å². The fourth-order valence-corrected chi connectivity index (χ4v) is 3.23. The zero-order valence-electron chi connectivity index (χ0n) is 16.2. The van der Waals surface area contributed by atoms with Gasteiger partial charge in [-0.15, -0.1) is 0 Å². The molecule has 1 heterocycles. The summed E-state index contributed by atoms with van der Waals surface area (Å²) < 4.78 is 16.2. The first-order chi connectivity index (χ1) is 13.5. The molecule has 0 amide bonds. The number of aryl methyl sites for hydroxylation is 1. The van der Waals surface area contributed by atoms with Crippen molar-refractivity contribution in [3.05, 3.63) is 53.7 Å². The molecule has 0 saturated carbocycles. The number of nitrogens with zero attached hydrogens (tertiary/aromatic N) is 2. The molecule has 1 aromatic heterocycles. The van der Waals surface area contributed by atoms with E-state index in [1.54, 1.807) is 33.5 Å². The molecule has 6 heteroatoms. The highest BCUT2D eigenvalue weighted by atomic mass is 16.5. The van der Waals surface area contributed by atoms with Gasteiger partial charge in [-0.1, -0.05) is 12.1 Å². The molecular weight excluding hydrogens is 354 g/mol. The lowest BCUT2D eigenvalue weighted by atomic mass is 9.89. The molecule has 28 heavy (non-hydrogen) atoms. The van der Waals surface area contributed by atoms with Crippen LogP contribution in [0.25, 0.3) is 22.3 Å². The summed E-state index contributed by atoms with van der Waals surface area (Å²) in [6, 6.07) is 15.2. The molecule has 0 spiro atoms. The molecule has 0 saturated heterocycles. The van der Waals surface area contributed by atoms with E-state index < -0.39 is 0 Å². The Bertz CT molecular complexity index is 1050. The Balaban J connectivity index is 2.41. The Morgan fingerprint density at radius 2 is 1.54 bits per heavy atom. The Kier molecular flexibility index (Phi) is 5.37. The van der Waals surface area contributed by atoms with Crippen LogP contribution in [0.15, 0.2) is 42.5 Å². The van der Waals surface area contributed by atoms with Crippen molar-refractivity contribution in [2.24, 2.45) is 0 Å². The minimum absolute atomic E-state index is 0.178. The zero-order chi connectivity index (χ0) is 20.3. The second kappa shape index (κ2) is 7.89. The Labute approximate surface area is 164 Å². The maximum atomic E-state index is 9.83. The zero-order valence-corrected chi connectivity index (χ0v) is 16.2. The van der Waals surface area contributed by atoms with Crippen LogP contribution >= 0.6 is 0 Å². The maximum Gasteiger partial charge on any atom is 0.142 e. The molecule has 0 fully saturated rings. The number of anilines is 1. The van der Waals surface area contributed by atoms with Crippen molar-refractivity contribution in [2.45, 2.75) is 6.92 Å². The highest BCUT2D eigenvalue weighted by Crippen LogP contribution is 2.43. The quantitative estimate of drug-likeness (QED) is 0.719. The van der Waals surface area contributed by atoms with Crippen LogP contribution in [0, 0.1) is 18.3 Å². The van der Waals surface area contributed by atoms with Crippen molar-refractivity contribution in [1.82, 2.24) is 4.98 Å². The summed E-state index contributed by atoms with van der Waals surface area (Å²) in [5.74, 6) is 2.17. The van der Waals surface area contributed by atoms with Crippen LogP contribution in [0.4, 0.5) is 5.82 Å². The fraction of sp³-hybridized carbons (Fsp3) is 0.182. The number of nitriles is 1. The first-order valence-electron chi connectivity index (χ1n) is 8.61. The van der Waals surface area contributed by atoms with Gasteiger partial charge in [0.15, 0.2) is 0 Å². The molecule has 142 valence electrons.